The molecule has 2 unspecified atom stereocenters. The summed E-state index contributed by atoms with van der Waals surface area (Å²) >= 11 is 0. The van der Waals surface area contributed by atoms with Crippen LogP contribution in [0, 0.1) is 0 Å². The molecule has 88 valence electrons. The first-order valence-corrected chi connectivity index (χ1v) is 5.52. The van der Waals surface area contributed by atoms with E-state index in [0.29, 0.717) is 12.5 Å². The van der Waals surface area contributed by atoms with E-state index in [1.54, 1.807) is 0 Å². The van der Waals surface area contributed by atoms with E-state index >= 15 is 0 Å². The van der Waals surface area contributed by atoms with Gasteiger partial charge >= 0.3 is 5.97 Å². The Bertz CT molecular complexity index is 202. The van der Waals surface area contributed by atoms with E-state index in [1.807, 2.05) is 14.0 Å². The molecule has 0 aromatic heterocycles. The number of esters is 1. The van der Waals surface area contributed by atoms with E-state index in [2.05, 4.69) is 9.64 Å². The summed E-state index contributed by atoms with van der Waals surface area (Å²) in [4.78, 5) is 13.2. The minimum atomic E-state index is -0.151. The smallest absolute Gasteiger partial charge is 0.307 e. The lowest BCUT2D eigenvalue weighted by Crippen LogP contribution is -2.37. The number of ether oxygens (including phenoxy) is 2. The summed E-state index contributed by atoms with van der Waals surface area (Å²) in [7, 11) is 3.45. The van der Waals surface area contributed by atoms with Gasteiger partial charge in [0, 0.05) is 19.2 Å². The first-order valence-electron chi connectivity index (χ1n) is 5.52. The summed E-state index contributed by atoms with van der Waals surface area (Å²) in [6.07, 6.45) is 3.08. The SMILES string of the molecule is COC(=O)CC(C)N(C)CC1CCCO1. The van der Waals surface area contributed by atoms with E-state index in [-0.39, 0.29) is 12.0 Å². The molecule has 0 bridgehead atoms. The Morgan fingerprint density at radius 2 is 2.40 bits per heavy atom. The lowest BCUT2D eigenvalue weighted by molar-refractivity contribution is -0.141. The predicted molar refractivity (Wildman–Crippen MR) is 57.7 cm³/mol. The predicted octanol–water partition coefficient (Wildman–Crippen LogP) is 1.05. The summed E-state index contributed by atoms with van der Waals surface area (Å²) in [6.45, 7) is 3.81. The fourth-order valence-electron chi connectivity index (χ4n) is 1.77. The van der Waals surface area contributed by atoms with Crippen LogP contribution in [0.2, 0.25) is 0 Å². The zero-order valence-corrected chi connectivity index (χ0v) is 9.86. The fraction of sp³-hybridized carbons (Fsp3) is 0.909. The topological polar surface area (TPSA) is 38.8 Å². The van der Waals surface area contributed by atoms with Gasteiger partial charge in [0.2, 0.25) is 0 Å². The third-order valence-electron chi connectivity index (χ3n) is 2.96. The van der Waals surface area contributed by atoms with Crippen molar-refractivity contribution in [1.29, 1.82) is 0 Å². The number of methoxy groups -OCH3 is 1. The minimum absolute atomic E-state index is 0.151. The first kappa shape index (κ1) is 12.5. The lowest BCUT2D eigenvalue weighted by atomic mass is 10.1. The summed E-state index contributed by atoms with van der Waals surface area (Å²) in [5.41, 5.74) is 0. The Kier molecular flexibility index (Phi) is 5.05. The maximum Gasteiger partial charge on any atom is 0.307 e. The lowest BCUT2D eigenvalue weighted by Gasteiger charge is -2.26. The molecule has 1 rings (SSSR count). The molecule has 0 N–H and O–H groups in total. The highest BCUT2D eigenvalue weighted by Gasteiger charge is 2.21. The van der Waals surface area contributed by atoms with Crippen molar-refractivity contribution in [2.45, 2.75) is 38.3 Å². The number of hydrogen-bond acceptors (Lipinski definition) is 4. The standard InChI is InChI=1S/C11H21NO3/c1-9(7-11(13)14-3)12(2)8-10-5-4-6-15-10/h9-10H,4-8H2,1-3H3. The summed E-state index contributed by atoms with van der Waals surface area (Å²) in [5.74, 6) is -0.151. The van der Waals surface area contributed by atoms with E-state index in [1.165, 1.54) is 7.11 Å². The van der Waals surface area contributed by atoms with Crippen LogP contribution < -0.4 is 0 Å². The number of likely N-dealkylation sites (N-methyl/N-ethyl adjacent to an activating group) is 1. The second-order valence-electron chi connectivity index (χ2n) is 4.20. The van der Waals surface area contributed by atoms with Crippen LogP contribution in [0.15, 0.2) is 0 Å². The van der Waals surface area contributed by atoms with Gasteiger partial charge in [0.25, 0.3) is 0 Å². The van der Waals surface area contributed by atoms with Crippen LogP contribution in [0.1, 0.15) is 26.2 Å². The largest absolute Gasteiger partial charge is 0.469 e. The molecule has 1 fully saturated rings. The van der Waals surface area contributed by atoms with Gasteiger partial charge in [0.1, 0.15) is 0 Å². The van der Waals surface area contributed by atoms with Crippen molar-refractivity contribution in [3.8, 4) is 0 Å². The number of hydrogen-bond donors (Lipinski definition) is 0. The van der Waals surface area contributed by atoms with Crippen LogP contribution in [-0.4, -0.2) is 50.3 Å². The van der Waals surface area contributed by atoms with Gasteiger partial charge in [-0.05, 0) is 26.8 Å². The van der Waals surface area contributed by atoms with Crippen molar-refractivity contribution in [2.24, 2.45) is 0 Å². The molecular formula is C11H21NO3. The van der Waals surface area contributed by atoms with Crippen molar-refractivity contribution in [3.63, 3.8) is 0 Å². The van der Waals surface area contributed by atoms with E-state index in [9.17, 15) is 4.79 Å². The van der Waals surface area contributed by atoms with Crippen molar-refractivity contribution in [2.75, 3.05) is 27.3 Å². The van der Waals surface area contributed by atoms with Crippen LogP contribution in [-0.2, 0) is 14.3 Å². The van der Waals surface area contributed by atoms with Gasteiger partial charge in [0.15, 0.2) is 0 Å². The molecule has 1 heterocycles. The maximum atomic E-state index is 11.1. The number of carbonyl (C=O) groups is 1. The average molecular weight is 215 g/mol. The first-order chi connectivity index (χ1) is 7.13. The Hall–Kier alpha value is -0.610. The molecule has 2 atom stereocenters. The molecule has 15 heavy (non-hydrogen) atoms. The Balaban J connectivity index is 2.25. The molecule has 0 spiro atoms. The van der Waals surface area contributed by atoms with Crippen molar-refractivity contribution >= 4 is 5.97 Å². The maximum absolute atomic E-state index is 11.1. The van der Waals surface area contributed by atoms with E-state index < -0.39 is 0 Å². The van der Waals surface area contributed by atoms with Gasteiger partial charge in [0.05, 0.1) is 19.6 Å². The minimum Gasteiger partial charge on any atom is -0.469 e. The molecular weight excluding hydrogens is 194 g/mol. The Labute approximate surface area is 91.5 Å². The van der Waals surface area contributed by atoms with Crippen LogP contribution >= 0.6 is 0 Å². The second-order valence-corrected chi connectivity index (χ2v) is 4.20. The molecule has 1 aliphatic heterocycles. The molecule has 1 aliphatic rings. The molecule has 1 saturated heterocycles. The molecule has 0 aliphatic carbocycles. The molecule has 0 radical (unpaired) electrons. The summed E-state index contributed by atoms with van der Waals surface area (Å²) in [5, 5.41) is 0. The summed E-state index contributed by atoms with van der Waals surface area (Å²) in [6, 6.07) is 0.210. The fourth-order valence-corrected chi connectivity index (χ4v) is 1.77. The molecule has 0 aromatic rings. The highest BCUT2D eigenvalue weighted by Crippen LogP contribution is 2.14. The zero-order chi connectivity index (χ0) is 11.3. The van der Waals surface area contributed by atoms with Gasteiger partial charge in [-0.2, -0.15) is 0 Å². The van der Waals surface area contributed by atoms with Crippen LogP contribution in [0.5, 0.6) is 0 Å². The van der Waals surface area contributed by atoms with Crippen LogP contribution in [0.25, 0.3) is 0 Å². The van der Waals surface area contributed by atoms with Gasteiger partial charge in [-0.25, -0.2) is 0 Å². The zero-order valence-electron chi connectivity index (χ0n) is 9.86. The van der Waals surface area contributed by atoms with Gasteiger partial charge in [-0.15, -0.1) is 0 Å². The van der Waals surface area contributed by atoms with Gasteiger partial charge in [-0.1, -0.05) is 0 Å². The van der Waals surface area contributed by atoms with Gasteiger partial charge in [-0.3, -0.25) is 4.79 Å². The highest BCUT2D eigenvalue weighted by molar-refractivity contribution is 5.69. The van der Waals surface area contributed by atoms with Crippen molar-refractivity contribution in [3.05, 3.63) is 0 Å². The third kappa shape index (κ3) is 4.18. The quantitative estimate of drug-likeness (QED) is 0.643. The van der Waals surface area contributed by atoms with Gasteiger partial charge < -0.3 is 14.4 Å². The van der Waals surface area contributed by atoms with E-state index in [0.717, 1.165) is 26.0 Å². The molecule has 4 nitrogen and oxygen atoms in total. The van der Waals surface area contributed by atoms with E-state index in [4.69, 9.17) is 4.74 Å². The molecule has 0 saturated carbocycles. The number of nitrogens with zero attached hydrogens (tertiary/aromatic N) is 1. The number of rotatable bonds is 5. The van der Waals surface area contributed by atoms with Crippen molar-refractivity contribution in [1.82, 2.24) is 4.90 Å². The van der Waals surface area contributed by atoms with Crippen LogP contribution in [0.3, 0.4) is 0 Å². The normalized spacial score (nSPS) is 23.1. The Morgan fingerprint density at radius 3 is 2.93 bits per heavy atom. The average Bonchev–Trinajstić information content (AvgIpc) is 2.70. The second kappa shape index (κ2) is 6.08. The number of carbonyl (C=O) groups excluding carboxylic acids is 1. The van der Waals surface area contributed by atoms with Crippen molar-refractivity contribution < 1.29 is 14.3 Å². The monoisotopic (exact) mass is 215 g/mol. The van der Waals surface area contributed by atoms with Crippen LogP contribution in [0.4, 0.5) is 0 Å². The highest BCUT2D eigenvalue weighted by atomic mass is 16.5. The Morgan fingerprint density at radius 1 is 1.67 bits per heavy atom. The molecule has 0 amide bonds. The molecule has 4 heteroatoms. The summed E-state index contributed by atoms with van der Waals surface area (Å²) < 4.78 is 10.2. The third-order valence-corrected chi connectivity index (χ3v) is 2.96. The molecule has 0 aromatic carbocycles.